The van der Waals surface area contributed by atoms with E-state index in [1.54, 1.807) is 6.20 Å². The first-order valence-corrected chi connectivity index (χ1v) is 8.22. The van der Waals surface area contributed by atoms with Crippen LogP contribution in [-0.4, -0.2) is 29.2 Å². The van der Waals surface area contributed by atoms with E-state index >= 15 is 0 Å². The molecule has 0 aromatic carbocycles. The van der Waals surface area contributed by atoms with Gasteiger partial charge in [-0.15, -0.1) is 24.0 Å². The average molecular weight is 421 g/mol. The van der Waals surface area contributed by atoms with Crippen LogP contribution in [0.3, 0.4) is 0 Å². The number of aromatic nitrogens is 2. The van der Waals surface area contributed by atoms with Crippen LogP contribution in [0.2, 0.25) is 0 Å². The Hall–Kier alpha value is -0.790. The fraction of sp³-hybridized carbons (Fsp3) is 0.750. The van der Waals surface area contributed by atoms with Crippen LogP contribution in [0, 0.1) is 5.92 Å². The van der Waals surface area contributed by atoms with Gasteiger partial charge < -0.3 is 10.6 Å². The van der Waals surface area contributed by atoms with Gasteiger partial charge in [-0.3, -0.25) is 5.10 Å². The summed E-state index contributed by atoms with van der Waals surface area (Å²) >= 11 is 0. The fourth-order valence-corrected chi connectivity index (χ4v) is 2.12. The molecule has 0 atom stereocenters. The molecule has 0 fully saturated rings. The van der Waals surface area contributed by atoms with Gasteiger partial charge in [0, 0.05) is 19.3 Å². The van der Waals surface area contributed by atoms with Crippen LogP contribution in [0.4, 0.5) is 0 Å². The number of halogens is 1. The number of rotatable bonds is 10. The number of unbranched alkanes of at least 4 members (excludes halogenated alkanes) is 3. The molecule has 0 aliphatic rings. The zero-order chi connectivity index (χ0) is 15.3. The Kier molecular flexibility index (Phi) is 13.3. The quantitative estimate of drug-likeness (QED) is 0.234. The van der Waals surface area contributed by atoms with Gasteiger partial charge in [-0.1, -0.05) is 39.5 Å². The van der Waals surface area contributed by atoms with E-state index in [4.69, 9.17) is 0 Å². The van der Waals surface area contributed by atoms with Crippen molar-refractivity contribution in [2.24, 2.45) is 10.9 Å². The molecule has 0 unspecified atom stereocenters. The normalized spacial score (nSPS) is 11.4. The SMILES string of the molecule is CCNC(=NCc1ccn[nH]1)NCCCCCCC(C)C.I. The van der Waals surface area contributed by atoms with Crippen molar-refractivity contribution in [3.63, 3.8) is 0 Å². The summed E-state index contributed by atoms with van der Waals surface area (Å²) in [5.41, 5.74) is 1.03. The van der Waals surface area contributed by atoms with Crippen molar-refractivity contribution in [3.05, 3.63) is 18.0 Å². The van der Waals surface area contributed by atoms with Crippen LogP contribution in [0.15, 0.2) is 17.3 Å². The molecule has 1 rings (SSSR count). The first-order chi connectivity index (χ1) is 10.2. The maximum Gasteiger partial charge on any atom is 0.191 e. The molecule has 6 heteroatoms. The Bertz CT molecular complexity index is 376. The summed E-state index contributed by atoms with van der Waals surface area (Å²) in [6.45, 7) is 9.16. The Morgan fingerprint density at radius 2 is 2.00 bits per heavy atom. The molecule has 3 N–H and O–H groups in total. The number of guanidine groups is 1. The van der Waals surface area contributed by atoms with Crippen LogP contribution in [-0.2, 0) is 6.54 Å². The Morgan fingerprint density at radius 3 is 2.64 bits per heavy atom. The molecule has 0 bridgehead atoms. The van der Waals surface area contributed by atoms with Crippen molar-refractivity contribution >= 4 is 29.9 Å². The van der Waals surface area contributed by atoms with E-state index in [2.05, 4.69) is 46.6 Å². The first kappa shape index (κ1) is 21.2. The van der Waals surface area contributed by atoms with Crippen molar-refractivity contribution in [1.82, 2.24) is 20.8 Å². The highest BCUT2D eigenvalue weighted by atomic mass is 127. The molecule has 1 aromatic rings. The van der Waals surface area contributed by atoms with Crippen LogP contribution in [0.5, 0.6) is 0 Å². The second-order valence-corrected chi connectivity index (χ2v) is 5.80. The van der Waals surface area contributed by atoms with E-state index in [1.165, 1.54) is 32.1 Å². The highest BCUT2D eigenvalue weighted by Gasteiger charge is 1.98. The molecular weight excluding hydrogens is 389 g/mol. The van der Waals surface area contributed by atoms with Crippen LogP contribution >= 0.6 is 24.0 Å². The van der Waals surface area contributed by atoms with Crippen molar-refractivity contribution < 1.29 is 0 Å². The predicted molar refractivity (Wildman–Crippen MR) is 105 cm³/mol. The highest BCUT2D eigenvalue weighted by Crippen LogP contribution is 2.08. The summed E-state index contributed by atoms with van der Waals surface area (Å²) < 4.78 is 0. The first-order valence-electron chi connectivity index (χ1n) is 8.22. The molecule has 0 radical (unpaired) electrons. The van der Waals surface area contributed by atoms with Gasteiger partial charge >= 0.3 is 0 Å². The molecule has 22 heavy (non-hydrogen) atoms. The monoisotopic (exact) mass is 421 g/mol. The number of nitrogens with zero attached hydrogens (tertiary/aromatic N) is 2. The zero-order valence-corrected chi connectivity index (χ0v) is 16.5. The van der Waals surface area contributed by atoms with Crippen LogP contribution in [0.1, 0.15) is 58.6 Å². The van der Waals surface area contributed by atoms with E-state index in [0.717, 1.165) is 30.7 Å². The predicted octanol–water partition coefficient (Wildman–Crippen LogP) is 3.69. The number of hydrogen-bond donors (Lipinski definition) is 3. The molecule has 0 saturated heterocycles. The molecule has 5 nitrogen and oxygen atoms in total. The summed E-state index contributed by atoms with van der Waals surface area (Å²) in [4.78, 5) is 4.54. The van der Waals surface area contributed by atoms with Crippen molar-refractivity contribution in [2.75, 3.05) is 13.1 Å². The maximum atomic E-state index is 4.54. The second-order valence-electron chi connectivity index (χ2n) is 5.80. The third kappa shape index (κ3) is 10.9. The number of hydrogen-bond acceptors (Lipinski definition) is 2. The molecule has 1 heterocycles. The van der Waals surface area contributed by atoms with Gasteiger partial charge in [-0.2, -0.15) is 5.10 Å². The fourth-order valence-electron chi connectivity index (χ4n) is 2.12. The van der Waals surface area contributed by atoms with Gasteiger partial charge in [-0.05, 0) is 25.3 Å². The maximum absolute atomic E-state index is 4.54. The molecule has 0 saturated carbocycles. The molecule has 0 aliphatic carbocycles. The van der Waals surface area contributed by atoms with E-state index in [9.17, 15) is 0 Å². The number of aromatic amines is 1. The molecular formula is C16H32IN5. The molecule has 0 amide bonds. The van der Waals surface area contributed by atoms with E-state index in [1.807, 2.05) is 6.07 Å². The number of aliphatic imine (C=N–C) groups is 1. The Morgan fingerprint density at radius 1 is 1.23 bits per heavy atom. The standard InChI is InChI=1S/C16H31N5.HI/c1-4-17-16(19-13-15-10-12-20-21-15)18-11-8-6-5-7-9-14(2)3;/h10,12,14H,4-9,11,13H2,1-3H3,(H,20,21)(H2,17,18,19);1H. The number of nitrogens with one attached hydrogen (secondary N) is 3. The molecule has 0 aliphatic heterocycles. The van der Waals surface area contributed by atoms with Crippen LogP contribution in [0.25, 0.3) is 0 Å². The lowest BCUT2D eigenvalue weighted by Crippen LogP contribution is -2.37. The molecule has 0 spiro atoms. The summed E-state index contributed by atoms with van der Waals surface area (Å²) in [6, 6.07) is 1.95. The zero-order valence-electron chi connectivity index (χ0n) is 14.2. The lowest BCUT2D eigenvalue weighted by Gasteiger charge is -2.11. The minimum atomic E-state index is 0. The smallest absolute Gasteiger partial charge is 0.191 e. The van der Waals surface area contributed by atoms with Gasteiger partial charge in [0.15, 0.2) is 5.96 Å². The minimum Gasteiger partial charge on any atom is -0.357 e. The van der Waals surface area contributed by atoms with Gasteiger partial charge in [0.25, 0.3) is 0 Å². The van der Waals surface area contributed by atoms with Gasteiger partial charge in [-0.25, -0.2) is 4.99 Å². The van der Waals surface area contributed by atoms with E-state index in [-0.39, 0.29) is 24.0 Å². The Labute approximate surface area is 152 Å². The highest BCUT2D eigenvalue weighted by molar-refractivity contribution is 14.0. The third-order valence-electron chi connectivity index (χ3n) is 3.31. The van der Waals surface area contributed by atoms with Crippen molar-refractivity contribution in [2.45, 2.75) is 59.4 Å². The van der Waals surface area contributed by atoms with E-state index in [0.29, 0.717) is 6.54 Å². The topological polar surface area (TPSA) is 65.1 Å². The Balaban J connectivity index is 0.00000441. The third-order valence-corrected chi connectivity index (χ3v) is 3.31. The van der Waals surface area contributed by atoms with Crippen molar-refractivity contribution in [1.29, 1.82) is 0 Å². The summed E-state index contributed by atoms with van der Waals surface area (Å²) in [6.07, 6.45) is 8.28. The summed E-state index contributed by atoms with van der Waals surface area (Å²) in [5, 5.41) is 13.5. The number of H-pyrrole nitrogens is 1. The summed E-state index contributed by atoms with van der Waals surface area (Å²) in [7, 11) is 0. The lowest BCUT2D eigenvalue weighted by atomic mass is 10.0. The molecule has 1 aromatic heterocycles. The van der Waals surface area contributed by atoms with Gasteiger partial charge in [0.1, 0.15) is 0 Å². The minimum absolute atomic E-state index is 0. The van der Waals surface area contributed by atoms with Gasteiger partial charge in [0.05, 0.1) is 12.2 Å². The summed E-state index contributed by atoms with van der Waals surface area (Å²) in [5.74, 6) is 1.72. The van der Waals surface area contributed by atoms with Gasteiger partial charge in [0.2, 0.25) is 0 Å². The van der Waals surface area contributed by atoms with Crippen LogP contribution < -0.4 is 10.6 Å². The average Bonchev–Trinajstić information content (AvgIpc) is 2.96. The second kappa shape index (κ2) is 13.8. The largest absolute Gasteiger partial charge is 0.357 e. The lowest BCUT2D eigenvalue weighted by molar-refractivity contribution is 0.518. The van der Waals surface area contributed by atoms with Crippen molar-refractivity contribution in [3.8, 4) is 0 Å². The van der Waals surface area contributed by atoms with E-state index < -0.39 is 0 Å². The molecule has 128 valence electrons.